The van der Waals surface area contributed by atoms with E-state index >= 15 is 0 Å². The smallest absolute Gasteiger partial charge is 0.508 e. The van der Waals surface area contributed by atoms with Gasteiger partial charge >= 0.3 is 6.16 Å². The summed E-state index contributed by atoms with van der Waals surface area (Å²) in [6.07, 6.45) is 3.38. The molecule has 0 atom stereocenters. The summed E-state index contributed by atoms with van der Waals surface area (Å²) in [4.78, 5) is 11.6. The van der Waals surface area contributed by atoms with E-state index in [0.29, 0.717) is 12.4 Å². The zero-order valence-corrected chi connectivity index (χ0v) is 13.6. The maximum Gasteiger partial charge on any atom is 0.513 e. The third-order valence-corrected chi connectivity index (χ3v) is 3.42. The molecule has 24 heavy (non-hydrogen) atoms. The van der Waals surface area contributed by atoms with Crippen LogP contribution in [0.15, 0.2) is 49.6 Å². The van der Waals surface area contributed by atoms with Crippen LogP contribution in [0.1, 0.15) is 24.5 Å². The normalized spacial score (nSPS) is 10.0. The zero-order valence-electron chi connectivity index (χ0n) is 13.6. The van der Waals surface area contributed by atoms with E-state index in [1.165, 1.54) is 0 Å². The van der Waals surface area contributed by atoms with Gasteiger partial charge in [0.15, 0.2) is 0 Å². The Labute approximate surface area is 141 Å². The van der Waals surface area contributed by atoms with E-state index in [9.17, 15) is 9.90 Å². The second-order valence-electron chi connectivity index (χ2n) is 5.13. The lowest BCUT2D eigenvalue weighted by Gasteiger charge is -2.13. The Kier molecular flexibility index (Phi) is 5.79. The van der Waals surface area contributed by atoms with E-state index in [0.717, 1.165) is 28.7 Å². The number of aromatic hydroxyl groups is 1. The van der Waals surface area contributed by atoms with Crippen LogP contribution in [0.25, 0.3) is 23.3 Å². The number of hydrogen-bond donors (Lipinski definition) is 1. The fraction of sp³-hybridized carbons (Fsp3) is 0.150. The van der Waals surface area contributed by atoms with Gasteiger partial charge in [0.25, 0.3) is 0 Å². The second kappa shape index (κ2) is 8.02. The Morgan fingerprint density at radius 3 is 2.33 bits per heavy atom. The Bertz CT molecular complexity index is 762. The number of phenols is 1. The van der Waals surface area contributed by atoms with Gasteiger partial charge in [0.2, 0.25) is 0 Å². The molecule has 0 spiro atoms. The SMILES string of the molecule is C=Cc1ccc(O)cc1-c1cc(OC(=O)OCCC)ccc1C=C. The largest absolute Gasteiger partial charge is 0.513 e. The van der Waals surface area contributed by atoms with E-state index in [1.54, 1.807) is 48.6 Å². The standard InChI is InChI=1S/C20H20O4/c1-4-11-23-20(22)24-17-10-8-15(6-3)19(13-17)18-12-16(21)9-7-14(18)5-2/h5-10,12-13,21H,2-4,11H2,1H3. The highest BCUT2D eigenvalue weighted by Gasteiger charge is 2.12. The van der Waals surface area contributed by atoms with Gasteiger partial charge in [-0.3, -0.25) is 0 Å². The molecule has 0 aliphatic rings. The highest BCUT2D eigenvalue weighted by atomic mass is 16.7. The third kappa shape index (κ3) is 4.04. The van der Waals surface area contributed by atoms with Crippen molar-refractivity contribution >= 4 is 18.3 Å². The molecular weight excluding hydrogens is 304 g/mol. The first-order chi connectivity index (χ1) is 11.6. The number of rotatable bonds is 6. The van der Waals surface area contributed by atoms with E-state index in [2.05, 4.69) is 13.2 Å². The van der Waals surface area contributed by atoms with Gasteiger partial charge in [0, 0.05) is 0 Å². The number of carbonyl (C=O) groups excluding carboxylic acids is 1. The van der Waals surface area contributed by atoms with Gasteiger partial charge in [0.1, 0.15) is 11.5 Å². The van der Waals surface area contributed by atoms with Gasteiger partial charge in [-0.2, -0.15) is 0 Å². The minimum atomic E-state index is -0.742. The summed E-state index contributed by atoms with van der Waals surface area (Å²) in [7, 11) is 0. The minimum absolute atomic E-state index is 0.138. The molecule has 0 aliphatic heterocycles. The fourth-order valence-electron chi connectivity index (χ4n) is 2.28. The molecule has 124 valence electrons. The van der Waals surface area contributed by atoms with Crippen LogP contribution in [0.4, 0.5) is 4.79 Å². The molecule has 0 saturated heterocycles. The first-order valence-corrected chi connectivity index (χ1v) is 7.66. The fourth-order valence-corrected chi connectivity index (χ4v) is 2.28. The number of carbonyl (C=O) groups is 1. The summed E-state index contributed by atoms with van der Waals surface area (Å²) in [6, 6.07) is 10.2. The summed E-state index contributed by atoms with van der Waals surface area (Å²) >= 11 is 0. The second-order valence-corrected chi connectivity index (χ2v) is 5.13. The molecule has 0 aromatic heterocycles. The third-order valence-electron chi connectivity index (χ3n) is 3.42. The van der Waals surface area contributed by atoms with Crippen molar-refractivity contribution in [2.75, 3.05) is 6.61 Å². The lowest BCUT2D eigenvalue weighted by Crippen LogP contribution is -2.11. The number of benzene rings is 2. The molecule has 0 heterocycles. The molecule has 0 saturated carbocycles. The molecule has 4 heteroatoms. The van der Waals surface area contributed by atoms with Crippen LogP contribution in [0.3, 0.4) is 0 Å². The van der Waals surface area contributed by atoms with E-state index < -0.39 is 6.16 Å². The van der Waals surface area contributed by atoms with E-state index in [4.69, 9.17) is 9.47 Å². The summed E-state index contributed by atoms with van der Waals surface area (Å²) in [5.74, 6) is 0.495. The maximum absolute atomic E-state index is 11.6. The van der Waals surface area contributed by atoms with Crippen LogP contribution in [0.5, 0.6) is 11.5 Å². The predicted molar refractivity (Wildman–Crippen MR) is 96.0 cm³/mol. The van der Waals surface area contributed by atoms with Gasteiger partial charge in [-0.15, -0.1) is 0 Å². The van der Waals surface area contributed by atoms with Gasteiger partial charge in [0.05, 0.1) is 6.61 Å². The number of phenolic OH excluding ortho intramolecular Hbond substituents is 1. The first-order valence-electron chi connectivity index (χ1n) is 7.66. The molecular formula is C20H20O4. The molecule has 2 aromatic rings. The van der Waals surface area contributed by atoms with Crippen molar-refractivity contribution in [2.45, 2.75) is 13.3 Å². The predicted octanol–water partition coefficient (Wildman–Crippen LogP) is 5.27. The van der Waals surface area contributed by atoms with Crippen LogP contribution >= 0.6 is 0 Å². The van der Waals surface area contributed by atoms with Gasteiger partial charge < -0.3 is 14.6 Å². The van der Waals surface area contributed by atoms with Gasteiger partial charge in [-0.1, -0.05) is 44.4 Å². The summed E-state index contributed by atoms with van der Waals surface area (Å²) in [5.41, 5.74) is 3.24. The van der Waals surface area contributed by atoms with Crippen molar-refractivity contribution in [1.82, 2.24) is 0 Å². The Hall–Kier alpha value is -3.01. The van der Waals surface area contributed by atoms with Crippen LogP contribution in [-0.2, 0) is 4.74 Å². The Morgan fingerprint density at radius 2 is 1.71 bits per heavy atom. The molecule has 2 rings (SSSR count). The van der Waals surface area contributed by atoms with E-state index in [-0.39, 0.29) is 5.75 Å². The van der Waals surface area contributed by atoms with Crippen LogP contribution in [0.2, 0.25) is 0 Å². The lowest BCUT2D eigenvalue weighted by molar-refractivity contribution is 0.0992. The maximum atomic E-state index is 11.6. The van der Waals surface area contributed by atoms with Crippen LogP contribution < -0.4 is 4.74 Å². The van der Waals surface area contributed by atoms with Crippen LogP contribution in [-0.4, -0.2) is 17.9 Å². The van der Waals surface area contributed by atoms with Gasteiger partial charge in [-0.25, -0.2) is 4.79 Å². The molecule has 1 N–H and O–H groups in total. The van der Waals surface area contributed by atoms with Crippen molar-refractivity contribution in [3.8, 4) is 22.6 Å². The lowest BCUT2D eigenvalue weighted by atomic mass is 9.95. The van der Waals surface area contributed by atoms with E-state index in [1.807, 2.05) is 6.92 Å². The van der Waals surface area contributed by atoms with Crippen molar-refractivity contribution < 1.29 is 19.4 Å². The molecule has 4 nitrogen and oxygen atoms in total. The monoisotopic (exact) mass is 324 g/mol. The molecule has 0 aliphatic carbocycles. The highest BCUT2D eigenvalue weighted by molar-refractivity contribution is 5.83. The molecule has 0 unspecified atom stereocenters. The molecule has 0 fully saturated rings. The summed E-state index contributed by atoms with van der Waals surface area (Å²) < 4.78 is 10.1. The van der Waals surface area contributed by atoms with Crippen molar-refractivity contribution in [3.05, 3.63) is 60.7 Å². The highest BCUT2D eigenvalue weighted by Crippen LogP contribution is 2.34. The average molecular weight is 324 g/mol. The first kappa shape index (κ1) is 17.3. The molecule has 0 bridgehead atoms. The number of hydrogen-bond acceptors (Lipinski definition) is 4. The molecule has 0 amide bonds. The number of ether oxygens (including phenoxy) is 2. The molecule has 2 aromatic carbocycles. The molecule has 0 radical (unpaired) electrons. The van der Waals surface area contributed by atoms with Gasteiger partial charge in [-0.05, 0) is 52.9 Å². The summed E-state index contributed by atoms with van der Waals surface area (Å²) in [6.45, 7) is 9.81. The van der Waals surface area contributed by atoms with Crippen molar-refractivity contribution in [1.29, 1.82) is 0 Å². The van der Waals surface area contributed by atoms with Crippen LogP contribution in [0, 0.1) is 0 Å². The minimum Gasteiger partial charge on any atom is -0.508 e. The average Bonchev–Trinajstić information content (AvgIpc) is 2.59. The Morgan fingerprint density at radius 1 is 1.08 bits per heavy atom. The topological polar surface area (TPSA) is 55.8 Å². The zero-order chi connectivity index (χ0) is 17.5. The quantitative estimate of drug-likeness (QED) is 0.581. The van der Waals surface area contributed by atoms with Crippen molar-refractivity contribution in [3.63, 3.8) is 0 Å². The summed E-state index contributed by atoms with van der Waals surface area (Å²) in [5, 5.41) is 9.80. The van der Waals surface area contributed by atoms with Crippen molar-refractivity contribution in [2.24, 2.45) is 0 Å². The Balaban J connectivity index is 2.43.